The molecule has 0 N–H and O–H groups in total. The van der Waals surface area contributed by atoms with Crippen molar-refractivity contribution in [1.29, 1.82) is 0 Å². The summed E-state index contributed by atoms with van der Waals surface area (Å²) < 4.78 is 42.1. The van der Waals surface area contributed by atoms with Crippen LogP contribution in [-0.4, -0.2) is 15.0 Å². The Morgan fingerprint density at radius 1 is 0.468 bits per heavy atom. The maximum Gasteiger partial charge on any atom is 0.215 e. The number of hydrogen-bond donors (Lipinski definition) is 0. The highest BCUT2D eigenvalue weighted by molar-refractivity contribution is 6.23. The summed E-state index contributed by atoms with van der Waals surface area (Å²) in [5.74, 6) is -4.05. The van der Waals surface area contributed by atoms with Crippen LogP contribution in [0.5, 0.6) is 0 Å². The molecule has 2 aromatic heterocycles. The van der Waals surface area contributed by atoms with Crippen molar-refractivity contribution in [2.75, 3.05) is 0 Å². The normalized spacial score (nSPS) is 11.3. The number of hydrogen-bond acceptors (Lipinski definition) is 3. The van der Waals surface area contributed by atoms with Crippen molar-refractivity contribution in [2.24, 2.45) is 0 Å². The van der Waals surface area contributed by atoms with Gasteiger partial charge in [-0.2, -0.15) is 0 Å². The molecule has 7 heteroatoms. The van der Waals surface area contributed by atoms with E-state index >= 15 is 0 Å². The summed E-state index contributed by atoms with van der Waals surface area (Å²) in [6.45, 7) is 8.17. The number of fused-ring (bicyclic) bond motifs is 5. The molecule has 8 aromatic rings. The van der Waals surface area contributed by atoms with E-state index in [1.807, 2.05) is 91.0 Å². The molecule has 222 valence electrons. The van der Waals surface area contributed by atoms with E-state index < -0.39 is 17.5 Å². The van der Waals surface area contributed by atoms with Gasteiger partial charge in [0.05, 0.1) is 40.2 Å². The molecule has 0 bridgehead atoms. The van der Waals surface area contributed by atoms with Crippen molar-refractivity contribution in [3.63, 3.8) is 0 Å². The van der Waals surface area contributed by atoms with Crippen LogP contribution >= 0.6 is 0 Å². The van der Waals surface area contributed by atoms with Crippen LogP contribution in [0.25, 0.3) is 82.5 Å². The first-order valence-electron chi connectivity index (χ1n) is 14.8. The Bertz CT molecular complexity index is 2540. The standard InChI is InChI=1S/C40H21F3N4/c1-44-33-22-29-34(40-39(33)46-37(23-11-4-2-5-12-23)38(47-40)24-13-6-3-7-14-24)28-17-8-9-18-32(28)45-36(29)26-16-10-15-25(19-26)27-20-30(41)35(43)31(42)21-27/h2-22H. The van der Waals surface area contributed by atoms with Crippen LogP contribution in [0.3, 0.4) is 0 Å². The Morgan fingerprint density at radius 2 is 1.04 bits per heavy atom. The van der Waals surface area contributed by atoms with Gasteiger partial charge < -0.3 is 0 Å². The molecular weight excluding hydrogens is 593 g/mol. The third-order valence-electron chi connectivity index (χ3n) is 8.25. The van der Waals surface area contributed by atoms with Crippen molar-refractivity contribution in [2.45, 2.75) is 0 Å². The van der Waals surface area contributed by atoms with E-state index in [-0.39, 0.29) is 5.56 Å². The largest absolute Gasteiger partial charge is 0.255 e. The smallest absolute Gasteiger partial charge is 0.215 e. The van der Waals surface area contributed by atoms with E-state index in [0.717, 1.165) is 34.0 Å². The van der Waals surface area contributed by atoms with Crippen LogP contribution in [0.15, 0.2) is 127 Å². The van der Waals surface area contributed by atoms with Gasteiger partial charge in [-0.15, -0.1) is 0 Å². The van der Waals surface area contributed by atoms with Crippen LogP contribution in [0, 0.1) is 24.0 Å². The first-order valence-corrected chi connectivity index (χ1v) is 14.8. The monoisotopic (exact) mass is 614 g/mol. The lowest BCUT2D eigenvalue weighted by Crippen LogP contribution is -1.98. The molecule has 0 spiro atoms. The lowest BCUT2D eigenvalue weighted by molar-refractivity contribution is 0.448. The molecule has 2 heterocycles. The molecule has 0 aliphatic heterocycles. The number of pyridine rings is 1. The fourth-order valence-corrected chi connectivity index (χ4v) is 6.08. The van der Waals surface area contributed by atoms with E-state index in [0.29, 0.717) is 55.8 Å². The second-order valence-corrected chi connectivity index (χ2v) is 11.1. The third kappa shape index (κ3) is 4.75. The molecule has 6 aromatic carbocycles. The minimum absolute atomic E-state index is 0.187. The lowest BCUT2D eigenvalue weighted by Gasteiger charge is -2.16. The molecular formula is C40H21F3N4. The molecule has 0 aliphatic rings. The van der Waals surface area contributed by atoms with E-state index in [1.165, 1.54) is 0 Å². The minimum Gasteiger partial charge on any atom is -0.255 e. The van der Waals surface area contributed by atoms with Gasteiger partial charge in [0.25, 0.3) is 0 Å². The van der Waals surface area contributed by atoms with Crippen molar-refractivity contribution >= 4 is 38.4 Å². The summed E-state index contributed by atoms with van der Waals surface area (Å²) in [4.78, 5) is 19.3. The average molecular weight is 615 g/mol. The Kier molecular flexibility index (Phi) is 6.70. The van der Waals surface area contributed by atoms with Crippen molar-refractivity contribution in [3.8, 4) is 44.9 Å². The van der Waals surface area contributed by atoms with Gasteiger partial charge >= 0.3 is 0 Å². The number of rotatable bonds is 4. The van der Waals surface area contributed by atoms with Gasteiger partial charge in [0.15, 0.2) is 17.5 Å². The van der Waals surface area contributed by atoms with Crippen LogP contribution in [0.4, 0.5) is 18.9 Å². The third-order valence-corrected chi connectivity index (χ3v) is 8.25. The first-order chi connectivity index (χ1) is 23.0. The molecule has 0 atom stereocenters. The molecule has 0 unspecified atom stereocenters. The van der Waals surface area contributed by atoms with Crippen LogP contribution in [0.1, 0.15) is 0 Å². The topological polar surface area (TPSA) is 43.0 Å². The maximum atomic E-state index is 14.2. The van der Waals surface area contributed by atoms with Crippen molar-refractivity contribution in [3.05, 3.63) is 156 Å². The number of para-hydroxylation sites is 1. The van der Waals surface area contributed by atoms with Crippen LogP contribution in [0.2, 0.25) is 0 Å². The Labute approximate surface area is 267 Å². The zero-order valence-corrected chi connectivity index (χ0v) is 24.5. The molecule has 0 aliphatic carbocycles. The highest BCUT2D eigenvalue weighted by Gasteiger charge is 2.21. The van der Waals surface area contributed by atoms with Gasteiger partial charge in [0, 0.05) is 32.8 Å². The van der Waals surface area contributed by atoms with E-state index in [4.69, 9.17) is 21.5 Å². The van der Waals surface area contributed by atoms with Crippen LogP contribution < -0.4 is 0 Å². The molecule has 0 amide bonds. The summed E-state index contributed by atoms with van der Waals surface area (Å²) in [5.41, 5.74) is 7.03. The number of benzene rings is 6. The fraction of sp³-hybridized carbons (Fsp3) is 0. The Hall–Kier alpha value is -6.39. The predicted molar refractivity (Wildman–Crippen MR) is 180 cm³/mol. The van der Waals surface area contributed by atoms with Crippen molar-refractivity contribution < 1.29 is 13.2 Å². The molecule has 8 rings (SSSR count). The van der Waals surface area contributed by atoms with E-state index in [1.54, 1.807) is 24.3 Å². The summed E-state index contributed by atoms with van der Waals surface area (Å²) in [7, 11) is 0. The quantitative estimate of drug-likeness (QED) is 0.113. The van der Waals surface area contributed by atoms with Gasteiger partial charge in [0.2, 0.25) is 5.69 Å². The molecule has 0 fully saturated rings. The van der Waals surface area contributed by atoms with Gasteiger partial charge in [-0.05, 0) is 41.5 Å². The molecule has 4 nitrogen and oxygen atoms in total. The zero-order valence-electron chi connectivity index (χ0n) is 24.5. The lowest BCUT2D eigenvalue weighted by atomic mass is 9.95. The average Bonchev–Trinajstić information content (AvgIpc) is 3.13. The van der Waals surface area contributed by atoms with E-state index in [2.05, 4.69) is 4.85 Å². The molecule has 47 heavy (non-hydrogen) atoms. The van der Waals surface area contributed by atoms with E-state index in [9.17, 15) is 13.2 Å². The Morgan fingerprint density at radius 3 is 1.70 bits per heavy atom. The highest BCUT2D eigenvalue weighted by Crippen LogP contribution is 2.43. The van der Waals surface area contributed by atoms with Gasteiger partial charge in [-0.3, -0.25) is 4.98 Å². The second-order valence-electron chi connectivity index (χ2n) is 11.1. The fourth-order valence-electron chi connectivity index (χ4n) is 6.08. The summed E-state index contributed by atoms with van der Waals surface area (Å²) in [6, 6.07) is 38.1. The summed E-state index contributed by atoms with van der Waals surface area (Å²) in [5, 5.41) is 2.30. The van der Waals surface area contributed by atoms with Crippen LogP contribution in [-0.2, 0) is 0 Å². The van der Waals surface area contributed by atoms with Gasteiger partial charge in [0.1, 0.15) is 0 Å². The number of aromatic nitrogens is 3. The maximum absolute atomic E-state index is 14.2. The summed E-state index contributed by atoms with van der Waals surface area (Å²) >= 11 is 0. The highest BCUT2D eigenvalue weighted by atomic mass is 19.2. The molecule has 0 saturated heterocycles. The van der Waals surface area contributed by atoms with Crippen molar-refractivity contribution in [1.82, 2.24) is 15.0 Å². The Balaban J connectivity index is 1.48. The summed E-state index contributed by atoms with van der Waals surface area (Å²) in [6.07, 6.45) is 0. The number of nitrogens with zero attached hydrogens (tertiary/aromatic N) is 4. The minimum atomic E-state index is -1.52. The molecule has 0 saturated carbocycles. The second kappa shape index (κ2) is 11.2. The zero-order chi connectivity index (χ0) is 32.1. The predicted octanol–water partition coefficient (Wildman–Crippen LogP) is 11.0. The number of halogens is 3. The van der Waals surface area contributed by atoms with Gasteiger partial charge in [-0.1, -0.05) is 97.1 Å². The van der Waals surface area contributed by atoms with Gasteiger partial charge in [-0.25, -0.2) is 28.0 Å². The molecule has 0 radical (unpaired) electrons. The first kappa shape index (κ1) is 28.1. The SMILES string of the molecule is [C-]#[N+]c1cc2c(-c3cccc(-c4cc(F)c(F)c(F)c4)c3)nc3ccccc3c2c2nc(-c3ccccc3)c(-c3ccccc3)nc12.